The van der Waals surface area contributed by atoms with E-state index in [4.69, 9.17) is 9.47 Å². The fourth-order valence-corrected chi connectivity index (χ4v) is 3.33. The number of ether oxygens (including phenoxy) is 2. The van der Waals surface area contributed by atoms with Crippen LogP contribution in [0.1, 0.15) is 60.9 Å². The van der Waals surface area contributed by atoms with Crippen LogP contribution in [-0.4, -0.2) is 26.7 Å². The molecule has 1 N–H and O–H groups in total. The number of benzene rings is 2. The van der Waals surface area contributed by atoms with E-state index in [-0.39, 0.29) is 11.8 Å². The maximum Gasteiger partial charge on any atom is 0.255 e. The maximum atomic E-state index is 12.7. The van der Waals surface area contributed by atoms with Crippen LogP contribution in [0.4, 0.5) is 0 Å². The lowest BCUT2D eigenvalue weighted by molar-refractivity contribution is 0.0947. The molecule has 0 aliphatic rings. The molecule has 1 atom stereocenters. The van der Waals surface area contributed by atoms with Gasteiger partial charge in [0.1, 0.15) is 11.5 Å². The Morgan fingerprint density at radius 3 is 2.30 bits per heavy atom. The minimum absolute atomic E-state index is 0.110. The Labute approximate surface area is 162 Å². The topological polar surface area (TPSA) is 47.6 Å². The summed E-state index contributed by atoms with van der Waals surface area (Å²) in [4.78, 5) is 12.7. The first-order valence-electron chi connectivity index (χ1n) is 9.75. The molecule has 27 heavy (non-hydrogen) atoms. The minimum Gasteiger partial charge on any atom is -0.496 e. The Kier molecular flexibility index (Phi) is 8.69. The molecule has 146 valence electrons. The molecule has 0 aliphatic heterocycles. The summed E-state index contributed by atoms with van der Waals surface area (Å²) in [7, 11) is 3.28. The van der Waals surface area contributed by atoms with Gasteiger partial charge in [-0.25, -0.2) is 0 Å². The summed E-state index contributed by atoms with van der Waals surface area (Å²) in [5, 5.41) is 3.09. The zero-order valence-corrected chi connectivity index (χ0v) is 16.7. The quantitative estimate of drug-likeness (QED) is 0.555. The van der Waals surface area contributed by atoms with Gasteiger partial charge in [0, 0.05) is 12.5 Å². The third kappa shape index (κ3) is 6.02. The van der Waals surface area contributed by atoms with E-state index in [0.717, 1.165) is 24.2 Å². The van der Waals surface area contributed by atoms with Crippen molar-refractivity contribution in [3.63, 3.8) is 0 Å². The molecule has 0 radical (unpaired) electrons. The normalized spacial score (nSPS) is 11.7. The predicted octanol–water partition coefficient (Wildman–Crippen LogP) is 5.19. The number of methoxy groups -OCH3 is 2. The second kappa shape index (κ2) is 11.3. The van der Waals surface area contributed by atoms with E-state index < -0.39 is 0 Å². The summed E-state index contributed by atoms with van der Waals surface area (Å²) in [6.07, 6.45) is 5.83. The number of rotatable bonds is 11. The van der Waals surface area contributed by atoms with Crippen molar-refractivity contribution in [2.75, 3.05) is 20.8 Å². The van der Waals surface area contributed by atoms with Crippen molar-refractivity contribution in [2.24, 2.45) is 0 Å². The molecule has 0 fully saturated rings. The molecule has 2 aromatic carbocycles. The largest absolute Gasteiger partial charge is 0.496 e. The molecular formula is C23H31NO3. The standard InChI is InChI=1S/C23H31NO3/c1-4-5-6-7-12-18(19-13-8-10-15-21(19)26-2)17-24-23(25)20-14-9-11-16-22(20)27-3/h8-11,13-16,18H,4-7,12,17H2,1-3H3,(H,24,25)/t18-/m1/s1. The second-order valence-electron chi connectivity index (χ2n) is 6.70. The van der Waals surface area contributed by atoms with Crippen LogP contribution in [0, 0.1) is 0 Å². The lowest BCUT2D eigenvalue weighted by Crippen LogP contribution is -2.29. The van der Waals surface area contributed by atoms with Crippen molar-refractivity contribution in [3.8, 4) is 11.5 Å². The van der Waals surface area contributed by atoms with Gasteiger partial charge in [0.25, 0.3) is 5.91 Å². The van der Waals surface area contributed by atoms with Crippen LogP contribution in [-0.2, 0) is 0 Å². The summed E-state index contributed by atoms with van der Waals surface area (Å²) in [5.41, 5.74) is 1.71. The Balaban J connectivity index is 2.10. The number of carbonyl (C=O) groups is 1. The number of hydrogen-bond acceptors (Lipinski definition) is 3. The SMILES string of the molecule is CCCCCC[C@H](CNC(=O)c1ccccc1OC)c1ccccc1OC. The molecule has 0 bridgehead atoms. The van der Waals surface area contributed by atoms with E-state index in [1.165, 1.54) is 19.3 Å². The first-order chi connectivity index (χ1) is 13.2. The number of nitrogens with one attached hydrogen (secondary N) is 1. The highest BCUT2D eigenvalue weighted by Crippen LogP contribution is 2.30. The second-order valence-corrected chi connectivity index (χ2v) is 6.70. The minimum atomic E-state index is -0.110. The van der Waals surface area contributed by atoms with E-state index in [1.807, 2.05) is 30.3 Å². The first kappa shape index (κ1) is 20.8. The van der Waals surface area contributed by atoms with Gasteiger partial charge in [0.05, 0.1) is 19.8 Å². The van der Waals surface area contributed by atoms with Gasteiger partial charge < -0.3 is 14.8 Å². The van der Waals surface area contributed by atoms with Crippen LogP contribution in [0.25, 0.3) is 0 Å². The molecular weight excluding hydrogens is 338 g/mol. The number of para-hydroxylation sites is 2. The summed E-state index contributed by atoms with van der Waals surface area (Å²) in [6.45, 7) is 2.79. The van der Waals surface area contributed by atoms with Gasteiger partial charge in [0.15, 0.2) is 0 Å². The molecule has 0 saturated carbocycles. The molecule has 0 spiro atoms. The lowest BCUT2D eigenvalue weighted by Gasteiger charge is -2.21. The zero-order valence-electron chi connectivity index (χ0n) is 16.7. The Bertz CT molecular complexity index is 714. The smallest absolute Gasteiger partial charge is 0.255 e. The van der Waals surface area contributed by atoms with Gasteiger partial charge in [0.2, 0.25) is 0 Å². The molecule has 0 aliphatic carbocycles. The van der Waals surface area contributed by atoms with E-state index in [1.54, 1.807) is 26.4 Å². The number of carbonyl (C=O) groups excluding carboxylic acids is 1. The molecule has 0 heterocycles. The fourth-order valence-electron chi connectivity index (χ4n) is 3.33. The zero-order chi connectivity index (χ0) is 19.5. The van der Waals surface area contributed by atoms with Crippen LogP contribution in [0.2, 0.25) is 0 Å². The van der Waals surface area contributed by atoms with Gasteiger partial charge in [-0.05, 0) is 30.2 Å². The van der Waals surface area contributed by atoms with Crippen molar-refractivity contribution in [2.45, 2.75) is 44.9 Å². The Morgan fingerprint density at radius 1 is 0.926 bits per heavy atom. The Morgan fingerprint density at radius 2 is 1.59 bits per heavy atom. The summed E-state index contributed by atoms with van der Waals surface area (Å²) < 4.78 is 10.9. The summed E-state index contributed by atoms with van der Waals surface area (Å²) in [6, 6.07) is 15.4. The predicted molar refractivity (Wildman–Crippen MR) is 110 cm³/mol. The third-order valence-electron chi connectivity index (χ3n) is 4.85. The Hall–Kier alpha value is -2.49. The summed E-state index contributed by atoms with van der Waals surface area (Å²) in [5.74, 6) is 1.58. The molecule has 0 aromatic heterocycles. The molecule has 2 aromatic rings. The van der Waals surface area contributed by atoms with Crippen LogP contribution in [0.15, 0.2) is 48.5 Å². The van der Waals surface area contributed by atoms with Crippen LogP contribution >= 0.6 is 0 Å². The van der Waals surface area contributed by atoms with Gasteiger partial charge in [-0.1, -0.05) is 62.9 Å². The van der Waals surface area contributed by atoms with Crippen molar-refractivity contribution < 1.29 is 14.3 Å². The lowest BCUT2D eigenvalue weighted by atomic mass is 9.92. The van der Waals surface area contributed by atoms with Crippen molar-refractivity contribution >= 4 is 5.91 Å². The highest BCUT2D eigenvalue weighted by Gasteiger charge is 2.18. The van der Waals surface area contributed by atoms with Crippen molar-refractivity contribution in [3.05, 3.63) is 59.7 Å². The molecule has 0 unspecified atom stereocenters. The van der Waals surface area contributed by atoms with Gasteiger partial charge in [-0.15, -0.1) is 0 Å². The molecule has 4 heteroatoms. The molecule has 2 rings (SSSR count). The van der Waals surface area contributed by atoms with Gasteiger partial charge in [-0.2, -0.15) is 0 Å². The monoisotopic (exact) mass is 369 g/mol. The van der Waals surface area contributed by atoms with Gasteiger partial charge >= 0.3 is 0 Å². The maximum absolute atomic E-state index is 12.7. The highest BCUT2D eigenvalue weighted by molar-refractivity contribution is 5.96. The number of hydrogen-bond donors (Lipinski definition) is 1. The van der Waals surface area contributed by atoms with Crippen LogP contribution in [0.5, 0.6) is 11.5 Å². The molecule has 1 amide bonds. The molecule has 0 saturated heterocycles. The third-order valence-corrected chi connectivity index (χ3v) is 4.85. The van der Waals surface area contributed by atoms with Crippen molar-refractivity contribution in [1.29, 1.82) is 0 Å². The molecule has 4 nitrogen and oxygen atoms in total. The summed E-state index contributed by atoms with van der Waals surface area (Å²) >= 11 is 0. The van der Waals surface area contributed by atoms with E-state index in [0.29, 0.717) is 17.9 Å². The van der Waals surface area contributed by atoms with Gasteiger partial charge in [-0.3, -0.25) is 4.79 Å². The first-order valence-corrected chi connectivity index (χ1v) is 9.75. The van der Waals surface area contributed by atoms with E-state index in [2.05, 4.69) is 18.3 Å². The van der Waals surface area contributed by atoms with E-state index in [9.17, 15) is 4.79 Å². The highest BCUT2D eigenvalue weighted by atomic mass is 16.5. The fraction of sp³-hybridized carbons (Fsp3) is 0.435. The average molecular weight is 370 g/mol. The van der Waals surface area contributed by atoms with Crippen LogP contribution in [0.3, 0.4) is 0 Å². The van der Waals surface area contributed by atoms with E-state index >= 15 is 0 Å². The van der Waals surface area contributed by atoms with Crippen LogP contribution < -0.4 is 14.8 Å². The van der Waals surface area contributed by atoms with Crippen molar-refractivity contribution in [1.82, 2.24) is 5.32 Å². The average Bonchev–Trinajstić information content (AvgIpc) is 2.73. The number of amides is 1. The number of unbranched alkanes of at least 4 members (excludes halogenated alkanes) is 3.